The second kappa shape index (κ2) is 6.18. The Kier molecular flexibility index (Phi) is 4.34. The number of allylic oxidation sites excluding steroid dienone is 2. The molecule has 0 heterocycles. The molecule has 0 bridgehead atoms. The van der Waals surface area contributed by atoms with Crippen LogP contribution in [0.2, 0.25) is 0 Å². The Balaban J connectivity index is 1.96. The summed E-state index contributed by atoms with van der Waals surface area (Å²) in [5.41, 5.74) is 0.865. The molecule has 2 N–H and O–H groups in total. The number of amides is 1. The molecule has 1 aromatic carbocycles. The Hall–Kier alpha value is -2.10. The quantitative estimate of drug-likeness (QED) is 0.820. The first-order valence-corrected chi connectivity index (χ1v) is 6.46. The van der Waals surface area contributed by atoms with Crippen LogP contribution in [0.5, 0.6) is 0 Å². The summed E-state index contributed by atoms with van der Waals surface area (Å²) in [5.74, 6) is -0.909. The first-order valence-electron chi connectivity index (χ1n) is 6.46. The Labute approximate surface area is 112 Å². The highest BCUT2D eigenvalue weighted by Gasteiger charge is 2.18. The predicted octanol–water partition coefficient (Wildman–Crippen LogP) is 3.07. The predicted molar refractivity (Wildman–Crippen MR) is 73.1 cm³/mol. The van der Waals surface area contributed by atoms with Gasteiger partial charge in [-0.3, -0.25) is 4.79 Å². The van der Waals surface area contributed by atoms with Crippen LogP contribution >= 0.6 is 0 Å². The minimum absolute atomic E-state index is 0.0202. The molecule has 4 nitrogen and oxygen atoms in total. The number of carbonyl (C=O) groups excluding carboxylic acids is 1. The largest absolute Gasteiger partial charge is 0.478 e. The van der Waals surface area contributed by atoms with E-state index in [2.05, 4.69) is 17.5 Å². The lowest BCUT2D eigenvalue weighted by molar-refractivity contribution is -0.120. The summed E-state index contributed by atoms with van der Waals surface area (Å²) in [5, 5.41) is 11.6. The van der Waals surface area contributed by atoms with Crippen molar-refractivity contribution in [2.45, 2.75) is 25.7 Å². The molecule has 0 unspecified atom stereocenters. The van der Waals surface area contributed by atoms with Crippen LogP contribution in [0.15, 0.2) is 36.4 Å². The average Bonchev–Trinajstić information content (AvgIpc) is 2.68. The summed E-state index contributed by atoms with van der Waals surface area (Å²) in [4.78, 5) is 22.8. The third-order valence-electron chi connectivity index (χ3n) is 3.30. The molecule has 2 rings (SSSR count). The van der Waals surface area contributed by atoms with Crippen LogP contribution in [-0.4, -0.2) is 17.0 Å². The lowest BCUT2D eigenvalue weighted by Gasteiger charge is -2.14. The van der Waals surface area contributed by atoms with Gasteiger partial charge >= 0.3 is 5.97 Å². The van der Waals surface area contributed by atoms with Crippen molar-refractivity contribution in [3.05, 3.63) is 42.0 Å². The van der Waals surface area contributed by atoms with Crippen molar-refractivity contribution in [1.82, 2.24) is 0 Å². The normalized spacial score (nSPS) is 15.8. The third-order valence-corrected chi connectivity index (χ3v) is 3.30. The molecular formula is C15H17NO3. The van der Waals surface area contributed by atoms with Crippen LogP contribution in [0.3, 0.4) is 0 Å². The fourth-order valence-corrected chi connectivity index (χ4v) is 2.18. The van der Waals surface area contributed by atoms with Crippen LogP contribution in [-0.2, 0) is 4.79 Å². The Morgan fingerprint density at radius 3 is 2.16 bits per heavy atom. The first-order chi connectivity index (χ1) is 9.16. The van der Waals surface area contributed by atoms with Crippen LogP contribution in [0.4, 0.5) is 5.69 Å². The van der Waals surface area contributed by atoms with E-state index in [-0.39, 0.29) is 17.4 Å². The highest BCUT2D eigenvalue weighted by molar-refractivity contribution is 5.93. The van der Waals surface area contributed by atoms with Gasteiger partial charge in [-0.2, -0.15) is 0 Å². The molecule has 1 amide bonds. The van der Waals surface area contributed by atoms with Crippen LogP contribution < -0.4 is 5.32 Å². The van der Waals surface area contributed by atoms with Gasteiger partial charge in [0.1, 0.15) is 0 Å². The van der Waals surface area contributed by atoms with Gasteiger partial charge in [0, 0.05) is 11.6 Å². The third kappa shape index (κ3) is 3.68. The molecule has 0 atom stereocenters. The first kappa shape index (κ1) is 13.3. The number of carboxylic acids is 1. The summed E-state index contributed by atoms with van der Waals surface area (Å²) >= 11 is 0. The fraction of sp³-hybridized carbons (Fsp3) is 0.333. The van der Waals surface area contributed by atoms with Gasteiger partial charge in [0.25, 0.3) is 0 Å². The van der Waals surface area contributed by atoms with E-state index in [0.29, 0.717) is 5.69 Å². The van der Waals surface area contributed by atoms with Crippen molar-refractivity contribution in [1.29, 1.82) is 0 Å². The number of aromatic carboxylic acids is 1. The maximum atomic E-state index is 12.1. The number of hydrogen-bond donors (Lipinski definition) is 2. The van der Waals surface area contributed by atoms with E-state index in [0.717, 1.165) is 25.7 Å². The summed E-state index contributed by atoms with van der Waals surface area (Å²) in [7, 11) is 0. The highest BCUT2D eigenvalue weighted by atomic mass is 16.4. The molecule has 0 saturated carbocycles. The van der Waals surface area contributed by atoms with Crippen molar-refractivity contribution in [2.75, 3.05) is 5.32 Å². The topological polar surface area (TPSA) is 66.4 Å². The van der Waals surface area contributed by atoms with Gasteiger partial charge < -0.3 is 10.4 Å². The number of carbonyl (C=O) groups is 2. The van der Waals surface area contributed by atoms with E-state index in [1.54, 1.807) is 12.1 Å². The van der Waals surface area contributed by atoms with E-state index in [1.165, 1.54) is 12.1 Å². The molecule has 0 radical (unpaired) electrons. The van der Waals surface area contributed by atoms with Gasteiger partial charge in [-0.1, -0.05) is 12.2 Å². The van der Waals surface area contributed by atoms with Gasteiger partial charge in [-0.05, 0) is 49.9 Å². The van der Waals surface area contributed by atoms with E-state index in [9.17, 15) is 9.59 Å². The molecule has 19 heavy (non-hydrogen) atoms. The smallest absolute Gasteiger partial charge is 0.335 e. The standard InChI is InChI=1S/C15H17NO3/c17-14(11-5-3-1-2-4-6-11)16-13-9-7-12(8-10-13)15(18)19/h1-2,7-11H,3-6H2,(H,16,17)(H,18,19). The number of benzene rings is 1. The monoisotopic (exact) mass is 259 g/mol. The summed E-state index contributed by atoms with van der Waals surface area (Å²) in [6.45, 7) is 0. The van der Waals surface area contributed by atoms with E-state index in [1.807, 2.05) is 0 Å². The van der Waals surface area contributed by atoms with Gasteiger partial charge in [0.2, 0.25) is 5.91 Å². The average molecular weight is 259 g/mol. The molecule has 0 aromatic heterocycles. The molecule has 1 aliphatic carbocycles. The van der Waals surface area contributed by atoms with Crippen LogP contribution in [0.25, 0.3) is 0 Å². The molecule has 0 aliphatic heterocycles. The zero-order valence-electron chi connectivity index (χ0n) is 10.6. The Morgan fingerprint density at radius 1 is 1.05 bits per heavy atom. The van der Waals surface area contributed by atoms with Gasteiger partial charge in [0.05, 0.1) is 5.56 Å². The van der Waals surface area contributed by atoms with E-state index < -0.39 is 5.97 Å². The van der Waals surface area contributed by atoms with Crippen molar-refractivity contribution >= 4 is 17.6 Å². The van der Waals surface area contributed by atoms with Gasteiger partial charge in [0.15, 0.2) is 0 Å². The second-order valence-corrected chi connectivity index (χ2v) is 4.69. The number of hydrogen-bond acceptors (Lipinski definition) is 2. The van der Waals surface area contributed by atoms with Crippen LogP contribution in [0, 0.1) is 5.92 Å². The fourth-order valence-electron chi connectivity index (χ4n) is 2.18. The number of carboxylic acid groups (broad SMARTS) is 1. The van der Waals surface area contributed by atoms with Crippen molar-refractivity contribution in [2.24, 2.45) is 5.92 Å². The number of rotatable bonds is 3. The lowest BCUT2D eigenvalue weighted by atomic mass is 9.99. The zero-order chi connectivity index (χ0) is 13.7. The molecule has 0 saturated heterocycles. The van der Waals surface area contributed by atoms with Gasteiger partial charge in [-0.25, -0.2) is 4.79 Å². The van der Waals surface area contributed by atoms with E-state index in [4.69, 9.17) is 5.11 Å². The lowest BCUT2D eigenvalue weighted by Crippen LogP contribution is -2.22. The second-order valence-electron chi connectivity index (χ2n) is 4.69. The SMILES string of the molecule is O=C(O)c1ccc(NC(=O)C2CCC=CCC2)cc1. The number of nitrogens with one attached hydrogen (secondary N) is 1. The van der Waals surface area contributed by atoms with Crippen molar-refractivity contribution < 1.29 is 14.7 Å². The summed E-state index contributed by atoms with van der Waals surface area (Å²) in [6, 6.07) is 6.23. The molecule has 1 aliphatic rings. The minimum atomic E-state index is -0.965. The van der Waals surface area contributed by atoms with Crippen LogP contribution in [0.1, 0.15) is 36.0 Å². The summed E-state index contributed by atoms with van der Waals surface area (Å²) < 4.78 is 0. The molecule has 0 fully saturated rings. The molecular weight excluding hydrogens is 242 g/mol. The van der Waals surface area contributed by atoms with Crippen molar-refractivity contribution in [3.63, 3.8) is 0 Å². The Morgan fingerprint density at radius 2 is 1.63 bits per heavy atom. The Bertz CT molecular complexity index is 481. The molecule has 0 spiro atoms. The van der Waals surface area contributed by atoms with E-state index >= 15 is 0 Å². The van der Waals surface area contributed by atoms with Crippen molar-refractivity contribution in [3.8, 4) is 0 Å². The maximum Gasteiger partial charge on any atom is 0.335 e. The van der Waals surface area contributed by atoms with Gasteiger partial charge in [-0.15, -0.1) is 0 Å². The maximum absolute atomic E-state index is 12.1. The summed E-state index contributed by atoms with van der Waals surface area (Å²) in [6.07, 6.45) is 7.86. The molecule has 4 heteroatoms. The number of anilines is 1. The molecule has 1 aromatic rings. The molecule has 100 valence electrons. The highest BCUT2D eigenvalue weighted by Crippen LogP contribution is 2.20. The minimum Gasteiger partial charge on any atom is -0.478 e. The zero-order valence-corrected chi connectivity index (χ0v) is 10.6.